The first-order valence-corrected chi connectivity index (χ1v) is 14.1. The molecule has 0 aliphatic carbocycles. The third-order valence-corrected chi connectivity index (χ3v) is 7.28. The molecule has 202 valence electrons. The Labute approximate surface area is 224 Å². The molecule has 0 saturated heterocycles. The van der Waals surface area contributed by atoms with Gasteiger partial charge in [-0.25, -0.2) is 4.79 Å². The topological polar surface area (TPSA) is 104 Å². The first-order chi connectivity index (χ1) is 18.0. The molecule has 37 heavy (non-hydrogen) atoms. The van der Waals surface area contributed by atoms with Gasteiger partial charge in [0.05, 0.1) is 23.5 Å². The number of carboxylic acid groups (broad SMARTS) is 2. The van der Waals surface area contributed by atoms with E-state index in [1.807, 2.05) is 36.4 Å². The van der Waals surface area contributed by atoms with Gasteiger partial charge in [0, 0.05) is 11.3 Å². The number of hydrogen-bond acceptors (Lipinski definition) is 5. The van der Waals surface area contributed by atoms with Crippen molar-refractivity contribution in [1.29, 1.82) is 0 Å². The largest absolute Gasteiger partial charge is 0.494 e. The van der Waals surface area contributed by atoms with E-state index in [9.17, 15) is 14.7 Å². The van der Waals surface area contributed by atoms with E-state index in [1.54, 1.807) is 24.3 Å². The average Bonchev–Trinajstić information content (AvgIpc) is 2.89. The molecule has 0 spiro atoms. The third kappa shape index (κ3) is 13.9. The minimum Gasteiger partial charge on any atom is -0.494 e. The summed E-state index contributed by atoms with van der Waals surface area (Å²) in [4.78, 5) is 22.8. The number of benzene rings is 2. The average molecular weight is 529 g/mol. The molecule has 0 bridgehead atoms. The van der Waals surface area contributed by atoms with Gasteiger partial charge >= 0.3 is 11.9 Å². The van der Waals surface area contributed by atoms with Crippen LogP contribution in [0.5, 0.6) is 5.75 Å². The summed E-state index contributed by atoms with van der Waals surface area (Å²) in [7, 11) is 0. The van der Waals surface area contributed by atoms with Crippen LogP contribution in [0.3, 0.4) is 0 Å². The highest BCUT2D eigenvalue weighted by atomic mass is 32.2. The van der Waals surface area contributed by atoms with Crippen LogP contribution in [-0.4, -0.2) is 45.2 Å². The lowest BCUT2D eigenvalue weighted by molar-refractivity contribution is -0.137. The number of thioether (sulfide) groups is 1. The van der Waals surface area contributed by atoms with E-state index in [-0.39, 0.29) is 17.2 Å². The zero-order valence-electron chi connectivity index (χ0n) is 21.5. The molecule has 0 heterocycles. The van der Waals surface area contributed by atoms with Crippen molar-refractivity contribution in [3.8, 4) is 5.75 Å². The molecule has 0 saturated carbocycles. The van der Waals surface area contributed by atoms with Gasteiger partial charge in [-0.3, -0.25) is 4.79 Å². The van der Waals surface area contributed by atoms with E-state index in [2.05, 4.69) is 6.08 Å². The maximum atomic E-state index is 11.1. The van der Waals surface area contributed by atoms with Crippen LogP contribution < -0.4 is 4.74 Å². The molecule has 6 nitrogen and oxygen atoms in total. The van der Waals surface area contributed by atoms with Crippen LogP contribution in [0.15, 0.2) is 71.6 Å². The molecule has 0 aromatic heterocycles. The zero-order valence-corrected chi connectivity index (χ0v) is 22.3. The second-order valence-corrected chi connectivity index (χ2v) is 10.4. The number of aromatic carboxylic acids is 1. The molecule has 2 rings (SSSR count). The van der Waals surface area contributed by atoms with Gasteiger partial charge in [0.1, 0.15) is 5.75 Å². The smallest absolute Gasteiger partial charge is 0.335 e. The lowest BCUT2D eigenvalue weighted by Crippen LogP contribution is -2.21. The van der Waals surface area contributed by atoms with Gasteiger partial charge in [0.2, 0.25) is 0 Å². The van der Waals surface area contributed by atoms with Gasteiger partial charge in [-0.05, 0) is 68.5 Å². The fourth-order valence-corrected chi connectivity index (χ4v) is 4.98. The predicted molar refractivity (Wildman–Crippen MR) is 149 cm³/mol. The number of aliphatic hydroxyl groups is 1. The van der Waals surface area contributed by atoms with Gasteiger partial charge in [0.15, 0.2) is 0 Å². The Morgan fingerprint density at radius 1 is 0.838 bits per heavy atom. The Kier molecular flexibility index (Phi) is 15.2. The molecule has 0 unspecified atom stereocenters. The van der Waals surface area contributed by atoms with Crippen LogP contribution in [0, 0.1) is 0 Å². The first-order valence-electron chi connectivity index (χ1n) is 13.2. The Morgan fingerprint density at radius 3 is 2.14 bits per heavy atom. The molecule has 0 aliphatic rings. The fraction of sp³-hybridized carbons (Fsp3) is 0.467. The van der Waals surface area contributed by atoms with E-state index < -0.39 is 18.0 Å². The zero-order chi connectivity index (χ0) is 26.7. The second-order valence-electron chi connectivity index (χ2n) is 9.12. The SMILES string of the molecule is O=C(O)CCC[C@H](O)[C@@H](/C=C\CCCCCCCCCOc1ccccc1)Sc1ccc(C(=O)O)cc1. The van der Waals surface area contributed by atoms with E-state index >= 15 is 0 Å². The van der Waals surface area contributed by atoms with Gasteiger partial charge in [0.25, 0.3) is 0 Å². The van der Waals surface area contributed by atoms with Gasteiger partial charge in [-0.15, -0.1) is 11.8 Å². The van der Waals surface area contributed by atoms with E-state index in [0.717, 1.165) is 36.5 Å². The number of rotatable bonds is 20. The number of unbranched alkanes of at least 4 members (excludes halogenated alkanes) is 7. The van der Waals surface area contributed by atoms with E-state index in [0.29, 0.717) is 12.8 Å². The number of ether oxygens (including phenoxy) is 1. The van der Waals surface area contributed by atoms with E-state index in [4.69, 9.17) is 14.9 Å². The summed E-state index contributed by atoms with van der Waals surface area (Å²) < 4.78 is 5.72. The lowest BCUT2D eigenvalue weighted by Gasteiger charge is -2.19. The third-order valence-electron chi connectivity index (χ3n) is 6.00. The van der Waals surface area contributed by atoms with Gasteiger partial charge < -0.3 is 20.1 Å². The van der Waals surface area contributed by atoms with Crippen LogP contribution in [0.2, 0.25) is 0 Å². The second kappa shape index (κ2) is 18.5. The molecular weight excluding hydrogens is 488 g/mol. The molecular formula is C30H40O6S. The highest BCUT2D eigenvalue weighted by molar-refractivity contribution is 8.00. The van der Waals surface area contributed by atoms with Crippen molar-refractivity contribution in [2.45, 2.75) is 86.9 Å². The van der Waals surface area contributed by atoms with Crippen LogP contribution in [0.4, 0.5) is 0 Å². The Bertz CT molecular complexity index is 929. The number of aliphatic carboxylic acids is 1. The number of carboxylic acids is 2. The molecule has 2 atom stereocenters. The summed E-state index contributed by atoms with van der Waals surface area (Å²) in [5.74, 6) is -0.907. The quantitative estimate of drug-likeness (QED) is 0.0947. The van der Waals surface area contributed by atoms with Crippen molar-refractivity contribution < 1.29 is 29.6 Å². The van der Waals surface area contributed by atoms with Crippen molar-refractivity contribution >= 4 is 23.7 Å². The number of aliphatic hydroxyl groups excluding tert-OH is 1. The molecule has 2 aromatic carbocycles. The van der Waals surface area contributed by atoms with Crippen molar-refractivity contribution in [3.05, 3.63) is 72.3 Å². The normalized spacial score (nSPS) is 12.9. The number of carbonyl (C=O) groups is 2. The van der Waals surface area contributed by atoms with Gasteiger partial charge in [-0.2, -0.15) is 0 Å². The monoisotopic (exact) mass is 528 g/mol. The summed E-state index contributed by atoms with van der Waals surface area (Å²) >= 11 is 1.47. The van der Waals surface area contributed by atoms with E-state index in [1.165, 1.54) is 43.9 Å². The Hall–Kier alpha value is -2.77. The highest BCUT2D eigenvalue weighted by Crippen LogP contribution is 2.29. The molecule has 0 radical (unpaired) electrons. The fourth-order valence-electron chi connectivity index (χ4n) is 3.89. The number of hydrogen-bond donors (Lipinski definition) is 3. The molecule has 0 amide bonds. The molecule has 0 aliphatic heterocycles. The van der Waals surface area contributed by atoms with Crippen LogP contribution in [0.1, 0.15) is 81.0 Å². The van der Waals surface area contributed by atoms with Crippen LogP contribution >= 0.6 is 11.8 Å². The van der Waals surface area contributed by atoms with Crippen molar-refractivity contribution in [1.82, 2.24) is 0 Å². The summed E-state index contributed by atoms with van der Waals surface area (Å²) in [6.45, 7) is 0.764. The standard InChI is InChI=1S/C30H40O6S/c31-27(16-13-18-29(32)33)28(37-26-21-19-24(20-22-26)30(34)35)17-11-6-4-2-1-3-5-7-12-23-36-25-14-9-8-10-15-25/h8-11,14-15,17,19-22,27-28,31H,1-7,12-13,16,18,23H2,(H,32,33)(H,34,35)/b17-11-/t27-,28+/m0/s1. The lowest BCUT2D eigenvalue weighted by atomic mass is 10.1. The maximum absolute atomic E-state index is 11.1. The van der Waals surface area contributed by atoms with Crippen molar-refractivity contribution in [2.24, 2.45) is 0 Å². The number of para-hydroxylation sites is 1. The minimum absolute atomic E-state index is 0.0333. The first kappa shape index (κ1) is 30.5. The summed E-state index contributed by atoms with van der Waals surface area (Å²) in [6.07, 6.45) is 13.4. The van der Waals surface area contributed by atoms with Crippen LogP contribution in [0.25, 0.3) is 0 Å². The molecule has 7 heteroatoms. The maximum Gasteiger partial charge on any atom is 0.335 e. The Balaban J connectivity index is 1.65. The molecule has 3 N–H and O–H groups in total. The predicted octanol–water partition coefficient (Wildman–Crippen LogP) is 7.22. The molecule has 2 aromatic rings. The summed E-state index contributed by atoms with van der Waals surface area (Å²) in [5, 5.41) is 28.4. The highest BCUT2D eigenvalue weighted by Gasteiger charge is 2.18. The summed E-state index contributed by atoms with van der Waals surface area (Å²) in [6, 6.07) is 16.5. The summed E-state index contributed by atoms with van der Waals surface area (Å²) in [5.41, 5.74) is 0.221. The van der Waals surface area contributed by atoms with Crippen molar-refractivity contribution in [2.75, 3.05) is 6.61 Å². The van der Waals surface area contributed by atoms with Crippen LogP contribution in [-0.2, 0) is 4.79 Å². The minimum atomic E-state index is -0.973. The number of allylic oxidation sites excluding steroid dienone is 1. The Morgan fingerprint density at radius 2 is 1.49 bits per heavy atom. The molecule has 0 fully saturated rings. The van der Waals surface area contributed by atoms with Gasteiger partial charge in [-0.1, -0.05) is 62.5 Å². The van der Waals surface area contributed by atoms with Crippen molar-refractivity contribution in [3.63, 3.8) is 0 Å².